The van der Waals surface area contributed by atoms with Crippen molar-refractivity contribution in [2.75, 3.05) is 6.54 Å². The van der Waals surface area contributed by atoms with Crippen molar-refractivity contribution in [3.63, 3.8) is 0 Å². The summed E-state index contributed by atoms with van der Waals surface area (Å²) in [4.78, 5) is 0. The highest BCUT2D eigenvalue weighted by atomic mass is 16.3. The Labute approximate surface area is 91.3 Å². The fourth-order valence-electron chi connectivity index (χ4n) is 1.35. The molecule has 2 nitrogen and oxygen atoms in total. The highest BCUT2D eigenvalue weighted by molar-refractivity contribution is 5.22. The van der Waals surface area contributed by atoms with Crippen LogP contribution in [0.25, 0.3) is 0 Å². The molecule has 1 aromatic carbocycles. The van der Waals surface area contributed by atoms with Gasteiger partial charge in [-0.25, -0.2) is 0 Å². The molecule has 0 fully saturated rings. The Morgan fingerprint density at radius 2 is 2.13 bits per heavy atom. The number of aliphatic hydroxyl groups excluding tert-OH is 1. The monoisotopic (exact) mass is 203 g/mol. The summed E-state index contributed by atoms with van der Waals surface area (Å²) in [5.41, 5.74) is 2.16. The van der Waals surface area contributed by atoms with Gasteiger partial charge >= 0.3 is 0 Å². The van der Waals surface area contributed by atoms with E-state index in [1.807, 2.05) is 25.1 Å². The van der Waals surface area contributed by atoms with Crippen LogP contribution in [0.4, 0.5) is 0 Å². The lowest BCUT2D eigenvalue weighted by molar-refractivity contribution is 0.281. The van der Waals surface area contributed by atoms with E-state index in [2.05, 4.69) is 23.2 Å². The Morgan fingerprint density at radius 1 is 1.33 bits per heavy atom. The van der Waals surface area contributed by atoms with Crippen LogP contribution in [0.5, 0.6) is 0 Å². The van der Waals surface area contributed by atoms with E-state index < -0.39 is 0 Å². The summed E-state index contributed by atoms with van der Waals surface area (Å²) in [7, 11) is 0. The minimum absolute atomic E-state index is 0.106. The Kier molecular flexibility index (Phi) is 5.54. The van der Waals surface area contributed by atoms with Gasteiger partial charge in [-0.2, -0.15) is 0 Å². The lowest BCUT2D eigenvalue weighted by atomic mass is 10.1. The molecule has 0 saturated heterocycles. The molecule has 0 bridgehead atoms. The number of hydrogen-bond acceptors (Lipinski definition) is 2. The summed E-state index contributed by atoms with van der Waals surface area (Å²) in [5, 5.41) is 12.3. The molecule has 0 saturated carbocycles. The summed E-state index contributed by atoms with van der Waals surface area (Å²) in [5.74, 6) is 5.87. The topological polar surface area (TPSA) is 32.3 Å². The molecule has 1 aromatic rings. The number of aliphatic hydroxyl groups is 1. The molecular weight excluding hydrogens is 186 g/mol. The quantitative estimate of drug-likeness (QED) is 0.563. The van der Waals surface area contributed by atoms with Gasteiger partial charge < -0.3 is 10.4 Å². The zero-order chi connectivity index (χ0) is 10.9. The first-order valence-electron chi connectivity index (χ1n) is 5.16. The molecule has 0 aliphatic carbocycles. The van der Waals surface area contributed by atoms with Gasteiger partial charge in [-0.3, -0.25) is 0 Å². The van der Waals surface area contributed by atoms with Crippen LogP contribution in [0.15, 0.2) is 24.3 Å². The molecule has 80 valence electrons. The van der Waals surface area contributed by atoms with E-state index in [9.17, 15) is 0 Å². The lowest BCUT2D eigenvalue weighted by Crippen LogP contribution is -2.14. The molecule has 0 aromatic heterocycles. The molecule has 15 heavy (non-hydrogen) atoms. The lowest BCUT2D eigenvalue weighted by Gasteiger charge is -2.04. The fraction of sp³-hybridized carbons (Fsp3) is 0.385. The summed E-state index contributed by atoms with van der Waals surface area (Å²) in [6.45, 7) is 3.70. The number of nitrogens with one attached hydrogen (secondary N) is 1. The van der Waals surface area contributed by atoms with Crippen molar-refractivity contribution in [3.8, 4) is 11.8 Å². The number of benzene rings is 1. The van der Waals surface area contributed by atoms with E-state index in [1.54, 1.807) is 0 Å². The number of rotatable bonds is 5. The van der Waals surface area contributed by atoms with Gasteiger partial charge in [0.2, 0.25) is 0 Å². The third-order valence-corrected chi connectivity index (χ3v) is 2.11. The third-order valence-electron chi connectivity index (χ3n) is 2.11. The maximum atomic E-state index is 8.96. The second-order valence-corrected chi connectivity index (χ2v) is 3.33. The van der Waals surface area contributed by atoms with E-state index in [4.69, 9.17) is 5.11 Å². The predicted octanol–water partition coefficient (Wildman–Crippen LogP) is 1.68. The summed E-state index contributed by atoms with van der Waals surface area (Å²) in [6, 6.07) is 7.95. The Hall–Kier alpha value is -1.30. The van der Waals surface area contributed by atoms with Gasteiger partial charge in [-0.05, 0) is 18.1 Å². The fourth-order valence-corrected chi connectivity index (χ4v) is 1.35. The van der Waals surface area contributed by atoms with Crippen molar-refractivity contribution < 1.29 is 5.11 Å². The summed E-state index contributed by atoms with van der Waals surface area (Å²) in [6.07, 6.45) is 0.885. The second-order valence-electron chi connectivity index (χ2n) is 3.33. The molecular formula is C13H17NO. The van der Waals surface area contributed by atoms with E-state index in [0.29, 0.717) is 0 Å². The normalized spacial score (nSPS) is 9.47. The largest absolute Gasteiger partial charge is 0.392 e. The van der Waals surface area contributed by atoms with Gasteiger partial charge in [-0.15, -0.1) is 11.8 Å². The molecule has 0 aliphatic heterocycles. The summed E-state index contributed by atoms with van der Waals surface area (Å²) < 4.78 is 0. The Balaban J connectivity index is 2.32. The highest BCUT2D eigenvalue weighted by Gasteiger charge is 1.94. The molecule has 1 rings (SSSR count). The molecule has 0 atom stereocenters. The molecule has 0 aliphatic rings. The van der Waals surface area contributed by atoms with Gasteiger partial charge in [0.25, 0.3) is 0 Å². The van der Waals surface area contributed by atoms with Crippen LogP contribution in [0.2, 0.25) is 0 Å². The van der Waals surface area contributed by atoms with E-state index in [0.717, 1.165) is 25.1 Å². The standard InChI is InChI=1S/C13H17NO/c1-2-3-4-8-14-10-12-6-5-7-13(9-12)11-15/h5-7,9,14-15H,4,8,10-11H2,1H3. The molecule has 0 unspecified atom stereocenters. The Morgan fingerprint density at radius 3 is 2.87 bits per heavy atom. The third kappa shape index (κ3) is 4.64. The predicted molar refractivity (Wildman–Crippen MR) is 62.1 cm³/mol. The van der Waals surface area contributed by atoms with Crippen molar-refractivity contribution in [1.29, 1.82) is 0 Å². The average molecular weight is 203 g/mol. The van der Waals surface area contributed by atoms with Crippen LogP contribution in [0.3, 0.4) is 0 Å². The van der Waals surface area contributed by atoms with Crippen LogP contribution < -0.4 is 5.32 Å². The van der Waals surface area contributed by atoms with Crippen LogP contribution in [0.1, 0.15) is 24.5 Å². The molecule has 0 spiro atoms. The first kappa shape index (κ1) is 11.8. The first-order chi connectivity index (χ1) is 7.36. The maximum absolute atomic E-state index is 8.96. The van der Waals surface area contributed by atoms with E-state index in [-0.39, 0.29) is 6.61 Å². The van der Waals surface area contributed by atoms with Crippen molar-refractivity contribution in [3.05, 3.63) is 35.4 Å². The van der Waals surface area contributed by atoms with Crippen LogP contribution >= 0.6 is 0 Å². The van der Waals surface area contributed by atoms with Gasteiger partial charge in [0, 0.05) is 19.5 Å². The van der Waals surface area contributed by atoms with Crippen molar-refractivity contribution in [1.82, 2.24) is 5.32 Å². The van der Waals surface area contributed by atoms with Gasteiger partial charge in [0.05, 0.1) is 6.61 Å². The zero-order valence-electron chi connectivity index (χ0n) is 9.09. The molecule has 0 radical (unpaired) electrons. The smallest absolute Gasteiger partial charge is 0.0681 e. The Bertz CT molecular complexity index is 349. The van der Waals surface area contributed by atoms with Gasteiger partial charge in [0.15, 0.2) is 0 Å². The van der Waals surface area contributed by atoms with E-state index in [1.165, 1.54) is 5.56 Å². The highest BCUT2D eigenvalue weighted by Crippen LogP contribution is 2.04. The minimum Gasteiger partial charge on any atom is -0.392 e. The average Bonchev–Trinajstić information content (AvgIpc) is 2.29. The number of hydrogen-bond donors (Lipinski definition) is 2. The van der Waals surface area contributed by atoms with Gasteiger partial charge in [-0.1, -0.05) is 24.3 Å². The van der Waals surface area contributed by atoms with Crippen LogP contribution in [-0.4, -0.2) is 11.7 Å². The van der Waals surface area contributed by atoms with Crippen LogP contribution in [0, 0.1) is 11.8 Å². The molecule has 0 amide bonds. The van der Waals surface area contributed by atoms with Gasteiger partial charge in [0.1, 0.15) is 0 Å². The zero-order valence-corrected chi connectivity index (χ0v) is 9.09. The SMILES string of the molecule is CC#CCCNCc1cccc(CO)c1. The second kappa shape index (κ2) is 7.05. The molecule has 2 N–H and O–H groups in total. The maximum Gasteiger partial charge on any atom is 0.0681 e. The summed E-state index contributed by atoms with van der Waals surface area (Å²) >= 11 is 0. The van der Waals surface area contributed by atoms with Crippen molar-refractivity contribution in [2.45, 2.75) is 26.5 Å². The minimum atomic E-state index is 0.106. The van der Waals surface area contributed by atoms with Crippen molar-refractivity contribution >= 4 is 0 Å². The molecule has 0 heterocycles. The van der Waals surface area contributed by atoms with Crippen molar-refractivity contribution in [2.24, 2.45) is 0 Å². The molecule has 2 heteroatoms. The first-order valence-corrected chi connectivity index (χ1v) is 5.16. The van der Waals surface area contributed by atoms with Crippen LogP contribution in [-0.2, 0) is 13.2 Å². The van der Waals surface area contributed by atoms with E-state index >= 15 is 0 Å².